The molecule has 2 aliphatic rings. The quantitative estimate of drug-likeness (QED) is 0.842. The maximum absolute atomic E-state index is 11.8. The fourth-order valence-electron chi connectivity index (χ4n) is 2.86. The predicted octanol–water partition coefficient (Wildman–Crippen LogP) is 1.09. The van der Waals surface area contributed by atoms with E-state index in [9.17, 15) is 9.59 Å². The molecule has 6 nitrogen and oxygen atoms in total. The molecule has 0 aliphatic carbocycles. The summed E-state index contributed by atoms with van der Waals surface area (Å²) in [5, 5.41) is 6.14. The van der Waals surface area contributed by atoms with Crippen molar-refractivity contribution < 1.29 is 14.3 Å². The van der Waals surface area contributed by atoms with Crippen LogP contribution in [0.5, 0.6) is 5.75 Å². The monoisotopic (exact) mass is 339 g/mol. The average molecular weight is 340 g/mol. The third-order valence-electron chi connectivity index (χ3n) is 4.00. The van der Waals surface area contributed by atoms with Crippen molar-refractivity contribution in [2.45, 2.75) is 25.3 Å². The van der Waals surface area contributed by atoms with Crippen LogP contribution in [0.15, 0.2) is 24.3 Å². The maximum Gasteiger partial charge on any atom is 0.258 e. The third kappa shape index (κ3) is 4.59. The number of nitrogens with one attached hydrogen (secondary N) is 2. The normalized spacial score (nSPS) is 20.3. The van der Waals surface area contributed by atoms with Crippen LogP contribution in [0, 0.1) is 0 Å². The zero-order valence-electron chi connectivity index (χ0n) is 12.9. The van der Waals surface area contributed by atoms with Gasteiger partial charge in [-0.05, 0) is 31.5 Å². The molecule has 2 saturated heterocycles. The van der Waals surface area contributed by atoms with Gasteiger partial charge in [0.15, 0.2) is 6.61 Å². The Morgan fingerprint density at radius 3 is 3.00 bits per heavy atom. The van der Waals surface area contributed by atoms with Gasteiger partial charge in [0.1, 0.15) is 5.75 Å². The summed E-state index contributed by atoms with van der Waals surface area (Å²) >= 11 is 0. The third-order valence-corrected chi connectivity index (χ3v) is 4.00. The second kappa shape index (κ2) is 8.17. The van der Waals surface area contributed by atoms with Crippen LogP contribution in [0.1, 0.15) is 19.3 Å². The molecule has 1 unspecified atom stereocenters. The van der Waals surface area contributed by atoms with Gasteiger partial charge in [-0.15, -0.1) is 12.4 Å². The number of hydrogen-bond donors (Lipinski definition) is 2. The lowest BCUT2D eigenvalue weighted by Gasteiger charge is -2.17. The van der Waals surface area contributed by atoms with E-state index in [1.807, 2.05) is 18.2 Å². The number of anilines is 1. The van der Waals surface area contributed by atoms with Crippen molar-refractivity contribution in [2.75, 3.05) is 31.1 Å². The second-order valence-electron chi connectivity index (χ2n) is 5.69. The summed E-state index contributed by atoms with van der Waals surface area (Å²) in [7, 11) is 0. The van der Waals surface area contributed by atoms with Crippen molar-refractivity contribution in [2.24, 2.45) is 0 Å². The highest BCUT2D eigenvalue weighted by Gasteiger charge is 2.22. The van der Waals surface area contributed by atoms with Crippen molar-refractivity contribution in [3.8, 4) is 5.75 Å². The molecular weight excluding hydrogens is 318 g/mol. The Hall–Kier alpha value is -1.79. The van der Waals surface area contributed by atoms with E-state index in [1.165, 1.54) is 0 Å². The Kier molecular flexibility index (Phi) is 6.24. The SMILES string of the molecule is Cl.O=C(COc1cccc(N2CCCC2=O)c1)NC1CCNC1. The standard InChI is InChI=1S/C16H21N3O3.ClH/c20-15(18-12-6-7-17-10-12)11-22-14-4-1-3-13(9-14)19-8-2-5-16(19)21;/h1,3-4,9,12,17H,2,5-8,10-11H2,(H,18,20);1H. The van der Waals surface area contributed by atoms with Crippen LogP contribution >= 0.6 is 12.4 Å². The molecule has 126 valence electrons. The largest absolute Gasteiger partial charge is 0.484 e. The molecule has 0 radical (unpaired) electrons. The Morgan fingerprint density at radius 2 is 2.30 bits per heavy atom. The lowest BCUT2D eigenvalue weighted by atomic mass is 10.2. The zero-order chi connectivity index (χ0) is 15.4. The van der Waals surface area contributed by atoms with E-state index in [-0.39, 0.29) is 36.9 Å². The lowest BCUT2D eigenvalue weighted by Crippen LogP contribution is -2.39. The van der Waals surface area contributed by atoms with Gasteiger partial charge in [-0.25, -0.2) is 0 Å². The molecule has 2 heterocycles. The molecule has 0 bridgehead atoms. The van der Waals surface area contributed by atoms with Gasteiger partial charge in [0.05, 0.1) is 0 Å². The first kappa shape index (κ1) is 17.6. The Labute approximate surface area is 142 Å². The fourth-order valence-corrected chi connectivity index (χ4v) is 2.86. The first-order chi connectivity index (χ1) is 10.7. The minimum absolute atomic E-state index is 0. The van der Waals surface area contributed by atoms with Gasteiger partial charge in [0.2, 0.25) is 5.91 Å². The van der Waals surface area contributed by atoms with Gasteiger partial charge in [-0.3, -0.25) is 9.59 Å². The molecule has 0 spiro atoms. The second-order valence-corrected chi connectivity index (χ2v) is 5.69. The molecule has 23 heavy (non-hydrogen) atoms. The van der Waals surface area contributed by atoms with E-state index >= 15 is 0 Å². The average Bonchev–Trinajstić information content (AvgIpc) is 3.17. The van der Waals surface area contributed by atoms with Crippen LogP contribution in [0.2, 0.25) is 0 Å². The number of nitrogens with zero attached hydrogens (tertiary/aromatic N) is 1. The first-order valence-electron chi connectivity index (χ1n) is 7.76. The van der Waals surface area contributed by atoms with E-state index in [4.69, 9.17) is 4.74 Å². The van der Waals surface area contributed by atoms with Crippen LogP contribution in [0.25, 0.3) is 0 Å². The summed E-state index contributed by atoms with van der Waals surface area (Å²) in [4.78, 5) is 25.4. The molecule has 1 atom stereocenters. The van der Waals surface area contributed by atoms with Gasteiger partial charge in [0.25, 0.3) is 5.91 Å². The first-order valence-corrected chi connectivity index (χ1v) is 7.76. The molecule has 2 fully saturated rings. The van der Waals surface area contributed by atoms with Gasteiger partial charge < -0.3 is 20.3 Å². The molecule has 2 aliphatic heterocycles. The van der Waals surface area contributed by atoms with Gasteiger partial charge in [-0.2, -0.15) is 0 Å². The number of carbonyl (C=O) groups excluding carboxylic acids is 2. The molecule has 0 saturated carbocycles. The highest BCUT2D eigenvalue weighted by atomic mass is 35.5. The summed E-state index contributed by atoms with van der Waals surface area (Å²) in [5.41, 5.74) is 0.834. The minimum atomic E-state index is -0.114. The van der Waals surface area contributed by atoms with Crippen LogP contribution in [-0.4, -0.2) is 44.1 Å². The minimum Gasteiger partial charge on any atom is -0.484 e. The molecule has 0 aromatic heterocycles. The number of ether oxygens (including phenoxy) is 1. The summed E-state index contributed by atoms with van der Waals surface area (Å²) in [6, 6.07) is 7.54. The summed E-state index contributed by atoms with van der Waals surface area (Å²) < 4.78 is 5.54. The summed E-state index contributed by atoms with van der Waals surface area (Å²) in [5.74, 6) is 0.636. The lowest BCUT2D eigenvalue weighted by molar-refractivity contribution is -0.123. The zero-order valence-corrected chi connectivity index (χ0v) is 13.7. The summed E-state index contributed by atoms with van der Waals surface area (Å²) in [6.45, 7) is 2.50. The van der Waals surface area contributed by atoms with Gasteiger partial charge >= 0.3 is 0 Å². The van der Waals surface area contributed by atoms with Gasteiger partial charge in [-0.1, -0.05) is 6.07 Å². The van der Waals surface area contributed by atoms with E-state index in [0.29, 0.717) is 12.2 Å². The van der Waals surface area contributed by atoms with Crippen LogP contribution in [-0.2, 0) is 9.59 Å². The van der Waals surface area contributed by atoms with E-state index in [2.05, 4.69) is 10.6 Å². The van der Waals surface area contributed by atoms with Crippen molar-refractivity contribution in [1.82, 2.24) is 10.6 Å². The van der Waals surface area contributed by atoms with Crippen LogP contribution in [0.4, 0.5) is 5.69 Å². The van der Waals surface area contributed by atoms with Crippen LogP contribution in [0.3, 0.4) is 0 Å². The molecule has 2 amide bonds. The molecule has 1 aromatic rings. The number of amides is 2. The highest BCUT2D eigenvalue weighted by Crippen LogP contribution is 2.25. The van der Waals surface area contributed by atoms with E-state index in [0.717, 1.165) is 38.2 Å². The highest BCUT2D eigenvalue weighted by molar-refractivity contribution is 5.95. The Bertz CT molecular complexity index is 561. The van der Waals surface area contributed by atoms with E-state index in [1.54, 1.807) is 11.0 Å². The van der Waals surface area contributed by atoms with Crippen molar-refractivity contribution in [3.63, 3.8) is 0 Å². The number of halogens is 1. The fraction of sp³-hybridized carbons (Fsp3) is 0.500. The number of rotatable bonds is 5. The summed E-state index contributed by atoms with van der Waals surface area (Å²) in [6.07, 6.45) is 2.45. The predicted molar refractivity (Wildman–Crippen MR) is 90.2 cm³/mol. The molecule has 1 aromatic carbocycles. The van der Waals surface area contributed by atoms with E-state index < -0.39 is 0 Å². The number of hydrogen-bond acceptors (Lipinski definition) is 4. The van der Waals surface area contributed by atoms with Crippen molar-refractivity contribution in [1.29, 1.82) is 0 Å². The molecule has 3 rings (SSSR count). The maximum atomic E-state index is 11.8. The van der Waals surface area contributed by atoms with Crippen LogP contribution < -0.4 is 20.3 Å². The van der Waals surface area contributed by atoms with Crippen molar-refractivity contribution in [3.05, 3.63) is 24.3 Å². The number of benzene rings is 1. The molecule has 7 heteroatoms. The number of carbonyl (C=O) groups is 2. The molecular formula is C16H22ClN3O3. The Balaban J connectivity index is 0.00000192. The molecule has 2 N–H and O–H groups in total. The smallest absolute Gasteiger partial charge is 0.258 e. The van der Waals surface area contributed by atoms with Crippen molar-refractivity contribution >= 4 is 29.9 Å². The van der Waals surface area contributed by atoms with Gasteiger partial charge in [0, 0.05) is 37.3 Å². The topological polar surface area (TPSA) is 70.7 Å². The Morgan fingerprint density at radius 1 is 1.43 bits per heavy atom.